The molecular weight excluding hydrogens is 298 g/mol. The molecule has 0 aliphatic carbocycles. The highest BCUT2D eigenvalue weighted by atomic mass is 79.9. The lowest BCUT2D eigenvalue weighted by Gasteiger charge is -2.04. The predicted octanol–water partition coefficient (Wildman–Crippen LogP) is 2.40. The quantitative estimate of drug-likeness (QED) is 0.907. The van der Waals surface area contributed by atoms with Crippen LogP contribution in [0, 0.1) is 0 Å². The van der Waals surface area contributed by atoms with Crippen LogP contribution in [0.1, 0.15) is 0 Å². The fraction of sp³-hybridized carbons (Fsp3) is 0.0833. The highest BCUT2D eigenvalue weighted by Crippen LogP contribution is 2.25. The maximum absolute atomic E-state index is 10.4. The number of aliphatic carboxylic acids is 1. The van der Waals surface area contributed by atoms with Gasteiger partial charge in [0.1, 0.15) is 12.4 Å². The topological polar surface area (TPSA) is 75.1 Å². The number of nitrogens with zero attached hydrogens (tertiary/aromatic N) is 2. The van der Waals surface area contributed by atoms with E-state index in [1.165, 1.54) is 0 Å². The second kappa shape index (κ2) is 5.59. The number of carbonyl (C=O) groups is 1. The summed E-state index contributed by atoms with van der Waals surface area (Å²) in [5.74, 6) is -0.500. The van der Waals surface area contributed by atoms with E-state index < -0.39 is 5.97 Å². The maximum Gasteiger partial charge on any atom is 0.322 e. The second-order valence-corrected chi connectivity index (χ2v) is 4.39. The van der Waals surface area contributed by atoms with Crippen LogP contribution >= 0.6 is 15.9 Å². The Morgan fingerprint density at radius 3 is 2.61 bits per heavy atom. The van der Waals surface area contributed by atoms with Crippen LogP contribution in [0.25, 0.3) is 11.3 Å². The average Bonchev–Trinajstić information content (AvgIpc) is 2.38. The molecule has 0 atom stereocenters. The average molecular weight is 308 g/mol. The molecule has 2 N–H and O–H groups in total. The van der Waals surface area contributed by atoms with Crippen molar-refractivity contribution in [3.8, 4) is 11.3 Å². The molecule has 6 heteroatoms. The lowest BCUT2D eigenvalue weighted by molar-refractivity contribution is -0.134. The van der Waals surface area contributed by atoms with Crippen LogP contribution < -0.4 is 5.32 Å². The van der Waals surface area contributed by atoms with Gasteiger partial charge < -0.3 is 10.4 Å². The minimum absolute atomic E-state index is 0.178. The molecule has 1 aromatic carbocycles. The molecule has 0 saturated carbocycles. The Labute approximate surface area is 112 Å². The summed E-state index contributed by atoms with van der Waals surface area (Å²) in [6, 6.07) is 11.2. The standard InChI is InChI=1S/C12H10BrN3O2/c13-9-4-2-1-3-8(9)10-5-6-11(16-15-10)14-7-12(17)18/h1-6H,7H2,(H,14,16)(H,17,18). The first-order valence-electron chi connectivity index (χ1n) is 5.21. The van der Waals surface area contributed by atoms with Crippen molar-refractivity contribution in [3.05, 3.63) is 40.9 Å². The molecule has 1 heterocycles. The Bertz CT molecular complexity index is 558. The molecule has 0 bridgehead atoms. The number of nitrogens with one attached hydrogen (secondary N) is 1. The number of carboxylic acid groups (broad SMARTS) is 1. The highest BCUT2D eigenvalue weighted by Gasteiger charge is 2.05. The van der Waals surface area contributed by atoms with Gasteiger partial charge in [0.2, 0.25) is 0 Å². The SMILES string of the molecule is O=C(O)CNc1ccc(-c2ccccc2Br)nn1. The van der Waals surface area contributed by atoms with Crippen molar-refractivity contribution in [2.75, 3.05) is 11.9 Å². The molecule has 1 aromatic heterocycles. The lowest BCUT2D eigenvalue weighted by Crippen LogP contribution is -2.13. The van der Waals surface area contributed by atoms with Gasteiger partial charge in [-0.25, -0.2) is 0 Å². The van der Waals surface area contributed by atoms with E-state index >= 15 is 0 Å². The molecule has 0 radical (unpaired) electrons. The molecular formula is C12H10BrN3O2. The molecule has 0 aliphatic heterocycles. The summed E-state index contributed by atoms with van der Waals surface area (Å²) in [6.07, 6.45) is 0. The largest absolute Gasteiger partial charge is 0.480 e. The van der Waals surface area contributed by atoms with Gasteiger partial charge in [0.25, 0.3) is 0 Å². The molecule has 18 heavy (non-hydrogen) atoms. The van der Waals surface area contributed by atoms with Gasteiger partial charge in [-0.15, -0.1) is 10.2 Å². The van der Waals surface area contributed by atoms with Crippen LogP contribution in [-0.4, -0.2) is 27.8 Å². The van der Waals surface area contributed by atoms with Crippen molar-refractivity contribution in [2.24, 2.45) is 0 Å². The number of benzene rings is 1. The Morgan fingerprint density at radius 2 is 2.00 bits per heavy atom. The van der Waals surface area contributed by atoms with E-state index in [1.807, 2.05) is 24.3 Å². The first kappa shape index (κ1) is 12.5. The fourth-order valence-electron chi connectivity index (χ4n) is 1.41. The first-order valence-corrected chi connectivity index (χ1v) is 6.00. The lowest BCUT2D eigenvalue weighted by atomic mass is 10.1. The van der Waals surface area contributed by atoms with Crippen molar-refractivity contribution in [3.63, 3.8) is 0 Å². The van der Waals surface area contributed by atoms with Crippen molar-refractivity contribution in [1.29, 1.82) is 0 Å². The summed E-state index contributed by atoms with van der Waals surface area (Å²) in [4.78, 5) is 10.4. The van der Waals surface area contributed by atoms with Crippen LogP contribution in [0.5, 0.6) is 0 Å². The zero-order valence-corrected chi connectivity index (χ0v) is 10.9. The monoisotopic (exact) mass is 307 g/mol. The van der Waals surface area contributed by atoms with E-state index in [1.54, 1.807) is 12.1 Å². The molecule has 0 saturated heterocycles. The number of anilines is 1. The Kier molecular flexibility index (Phi) is 3.88. The van der Waals surface area contributed by atoms with Gasteiger partial charge in [-0.1, -0.05) is 34.1 Å². The van der Waals surface area contributed by atoms with Crippen molar-refractivity contribution >= 4 is 27.7 Å². The summed E-state index contributed by atoms with van der Waals surface area (Å²) >= 11 is 3.44. The summed E-state index contributed by atoms with van der Waals surface area (Å²) < 4.78 is 0.936. The summed E-state index contributed by atoms with van der Waals surface area (Å²) in [6.45, 7) is -0.178. The highest BCUT2D eigenvalue weighted by molar-refractivity contribution is 9.10. The first-order chi connectivity index (χ1) is 8.66. The van der Waals surface area contributed by atoms with E-state index in [2.05, 4.69) is 31.4 Å². The number of halogens is 1. The van der Waals surface area contributed by atoms with Crippen LogP contribution in [0.2, 0.25) is 0 Å². The van der Waals surface area contributed by atoms with Gasteiger partial charge in [-0.2, -0.15) is 0 Å². The van der Waals surface area contributed by atoms with Crippen LogP contribution in [-0.2, 0) is 4.79 Å². The molecule has 0 unspecified atom stereocenters. The summed E-state index contributed by atoms with van der Waals surface area (Å²) in [5, 5.41) is 19.2. The Morgan fingerprint density at radius 1 is 1.22 bits per heavy atom. The number of hydrogen-bond acceptors (Lipinski definition) is 4. The molecule has 92 valence electrons. The third kappa shape index (κ3) is 3.04. The minimum Gasteiger partial charge on any atom is -0.480 e. The molecule has 0 spiro atoms. The zero-order chi connectivity index (χ0) is 13.0. The van der Waals surface area contributed by atoms with E-state index in [4.69, 9.17) is 5.11 Å². The predicted molar refractivity (Wildman–Crippen MR) is 71.3 cm³/mol. The molecule has 2 aromatic rings. The number of hydrogen-bond donors (Lipinski definition) is 2. The van der Waals surface area contributed by atoms with Gasteiger partial charge in [0, 0.05) is 10.0 Å². The number of aromatic nitrogens is 2. The van der Waals surface area contributed by atoms with Crippen molar-refractivity contribution in [2.45, 2.75) is 0 Å². The summed E-state index contributed by atoms with van der Waals surface area (Å²) in [5.41, 5.74) is 1.66. The van der Waals surface area contributed by atoms with E-state index in [-0.39, 0.29) is 6.54 Å². The van der Waals surface area contributed by atoms with Crippen LogP contribution in [0.4, 0.5) is 5.82 Å². The van der Waals surface area contributed by atoms with Gasteiger partial charge >= 0.3 is 5.97 Å². The Balaban J connectivity index is 2.17. The van der Waals surface area contributed by atoms with Crippen molar-refractivity contribution in [1.82, 2.24) is 10.2 Å². The van der Waals surface area contributed by atoms with E-state index in [9.17, 15) is 4.79 Å². The third-order valence-electron chi connectivity index (χ3n) is 2.24. The zero-order valence-electron chi connectivity index (χ0n) is 9.30. The second-order valence-electron chi connectivity index (χ2n) is 3.53. The molecule has 0 fully saturated rings. The van der Waals surface area contributed by atoms with E-state index in [0.29, 0.717) is 5.82 Å². The Hall–Kier alpha value is -1.95. The van der Waals surface area contributed by atoms with Gasteiger partial charge in [0.05, 0.1) is 5.69 Å². The van der Waals surface area contributed by atoms with E-state index in [0.717, 1.165) is 15.7 Å². The maximum atomic E-state index is 10.4. The molecule has 0 aliphatic rings. The molecule has 2 rings (SSSR count). The normalized spacial score (nSPS) is 10.1. The van der Waals surface area contributed by atoms with Crippen LogP contribution in [0.15, 0.2) is 40.9 Å². The van der Waals surface area contributed by atoms with Gasteiger partial charge in [-0.3, -0.25) is 4.79 Å². The third-order valence-corrected chi connectivity index (χ3v) is 2.93. The van der Waals surface area contributed by atoms with Gasteiger partial charge in [0.15, 0.2) is 0 Å². The van der Waals surface area contributed by atoms with Crippen molar-refractivity contribution < 1.29 is 9.90 Å². The van der Waals surface area contributed by atoms with Crippen LogP contribution in [0.3, 0.4) is 0 Å². The summed E-state index contributed by atoms with van der Waals surface area (Å²) in [7, 11) is 0. The minimum atomic E-state index is -0.938. The fourth-order valence-corrected chi connectivity index (χ4v) is 1.89. The number of rotatable bonds is 4. The molecule has 0 amide bonds. The smallest absolute Gasteiger partial charge is 0.322 e. The number of carboxylic acids is 1. The van der Waals surface area contributed by atoms with Gasteiger partial charge in [-0.05, 0) is 18.2 Å². The molecule has 5 nitrogen and oxygen atoms in total.